The number of piperidine rings is 1. The van der Waals surface area contributed by atoms with Gasteiger partial charge in [0, 0.05) is 13.2 Å². The third-order valence-corrected chi connectivity index (χ3v) is 3.57. The van der Waals surface area contributed by atoms with Crippen molar-refractivity contribution < 1.29 is 18.9 Å². The lowest BCUT2D eigenvalue weighted by Gasteiger charge is -2.22. The molecule has 0 aromatic carbocycles. The van der Waals surface area contributed by atoms with E-state index in [2.05, 4.69) is 12.2 Å². The van der Waals surface area contributed by atoms with Crippen LogP contribution in [0.1, 0.15) is 32.6 Å². The first-order valence-electron chi connectivity index (χ1n) is 8.45. The summed E-state index contributed by atoms with van der Waals surface area (Å²) >= 11 is 0. The van der Waals surface area contributed by atoms with Crippen LogP contribution in [0.3, 0.4) is 0 Å². The maximum Gasteiger partial charge on any atom is 0.0701 e. The van der Waals surface area contributed by atoms with Crippen LogP contribution in [0.4, 0.5) is 0 Å². The molecule has 1 aliphatic rings. The molecule has 1 aliphatic heterocycles. The molecule has 0 aromatic heterocycles. The van der Waals surface area contributed by atoms with Gasteiger partial charge in [0.05, 0.1) is 39.6 Å². The van der Waals surface area contributed by atoms with Gasteiger partial charge in [-0.05, 0) is 38.3 Å². The van der Waals surface area contributed by atoms with Gasteiger partial charge in [0.15, 0.2) is 0 Å². The molecule has 1 N–H and O–H groups in total. The van der Waals surface area contributed by atoms with E-state index in [1.165, 1.54) is 19.3 Å². The maximum atomic E-state index is 5.64. The molecule has 5 nitrogen and oxygen atoms in total. The van der Waals surface area contributed by atoms with E-state index >= 15 is 0 Å². The Morgan fingerprint density at radius 1 is 0.762 bits per heavy atom. The van der Waals surface area contributed by atoms with Crippen molar-refractivity contribution in [1.82, 2.24) is 5.32 Å². The quantitative estimate of drug-likeness (QED) is 0.496. The van der Waals surface area contributed by atoms with Gasteiger partial charge in [-0.2, -0.15) is 0 Å². The predicted octanol–water partition coefficient (Wildman–Crippen LogP) is 1.85. The first kappa shape index (κ1) is 18.8. The molecular formula is C16H33NO4. The van der Waals surface area contributed by atoms with Crippen LogP contribution in [0.15, 0.2) is 0 Å². The summed E-state index contributed by atoms with van der Waals surface area (Å²) < 4.78 is 21.9. The monoisotopic (exact) mass is 303 g/mol. The zero-order valence-electron chi connectivity index (χ0n) is 13.6. The normalized spacial score (nSPS) is 16.4. The number of rotatable bonds is 14. The minimum Gasteiger partial charge on any atom is -0.379 e. The highest BCUT2D eigenvalue weighted by Gasteiger charge is 2.12. The highest BCUT2D eigenvalue weighted by atomic mass is 16.6. The fourth-order valence-electron chi connectivity index (χ4n) is 2.20. The van der Waals surface area contributed by atoms with E-state index in [4.69, 9.17) is 18.9 Å². The van der Waals surface area contributed by atoms with E-state index in [-0.39, 0.29) is 0 Å². The molecule has 0 saturated carbocycles. The second kappa shape index (κ2) is 14.7. The zero-order valence-corrected chi connectivity index (χ0v) is 13.6. The van der Waals surface area contributed by atoms with Crippen molar-refractivity contribution in [3.63, 3.8) is 0 Å². The van der Waals surface area contributed by atoms with Crippen LogP contribution < -0.4 is 5.32 Å². The zero-order chi connectivity index (χ0) is 15.0. The predicted molar refractivity (Wildman–Crippen MR) is 83.8 cm³/mol. The van der Waals surface area contributed by atoms with Crippen molar-refractivity contribution in [2.24, 2.45) is 5.92 Å². The van der Waals surface area contributed by atoms with Crippen molar-refractivity contribution in [3.8, 4) is 0 Å². The van der Waals surface area contributed by atoms with Crippen molar-refractivity contribution in [3.05, 3.63) is 0 Å². The molecule has 1 fully saturated rings. The van der Waals surface area contributed by atoms with Crippen LogP contribution in [0, 0.1) is 5.92 Å². The van der Waals surface area contributed by atoms with E-state index < -0.39 is 0 Å². The highest BCUT2D eigenvalue weighted by molar-refractivity contribution is 4.67. The first-order chi connectivity index (χ1) is 10.4. The van der Waals surface area contributed by atoms with Gasteiger partial charge in [0.1, 0.15) is 0 Å². The number of hydrogen-bond acceptors (Lipinski definition) is 5. The van der Waals surface area contributed by atoms with Gasteiger partial charge in [-0.3, -0.25) is 0 Å². The number of unbranched alkanes of at least 4 members (excludes halogenated alkanes) is 1. The molecule has 5 heteroatoms. The average Bonchev–Trinajstić information content (AvgIpc) is 2.53. The lowest BCUT2D eigenvalue weighted by Crippen LogP contribution is -2.30. The van der Waals surface area contributed by atoms with Gasteiger partial charge in [-0.1, -0.05) is 13.3 Å². The molecule has 0 aliphatic carbocycles. The van der Waals surface area contributed by atoms with Crippen molar-refractivity contribution in [2.45, 2.75) is 32.6 Å². The molecule has 0 unspecified atom stereocenters. The van der Waals surface area contributed by atoms with Crippen LogP contribution in [-0.2, 0) is 18.9 Å². The van der Waals surface area contributed by atoms with Crippen molar-refractivity contribution in [2.75, 3.05) is 65.9 Å². The van der Waals surface area contributed by atoms with E-state index in [0.717, 1.165) is 38.6 Å². The van der Waals surface area contributed by atoms with Gasteiger partial charge in [0.2, 0.25) is 0 Å². The molecule has 0 amide bonds. The summed E-state index contributed by atoms with van der Waals surface area (Å²) in [6.07, 6.45) is 4.76. The van der Waals surface area contributed by atoms with Crippen LogP contribution in [0.2, 0.25) is 0 Å². The molecule has 0 atom stereocenters. The lowest BCUT2D eigenvalue weighted by atomic mass is 9.99. The molecule has 21 heavy (non-hydrogen) atoms. The summed E-state index contributed by atoms with van der Waals surface area (Å²) in [5.74, 6) is 0.724. The molecule has 1 heterocycles. The standard InChI is InChI=1S/C16H33NO4/c1-2-3-8-18-9-10-19-11-12-20-13-14-21-15-16-4-6-17-7-5-16/h16-17H,2-15H2,1H3. The molecule has 1 rings (SSSR count). The molecular weight excluding hydrogens is 270 g/mol. The van der Waals surface area contributed by atoms with Gasteiger partial charge < -0.3 is 24.3 Å². The van der Waals surface area contributed by atoms with Gasteiger partial charge >= 0.3 is 0 Å². The first-order valence-corrected chi connectivity index (χ1v) is 8.45. The van der Waals surface area contributed by atoms with Crippen LogP contribution >= 0.6 is 0 Å². The van der Waals surface area contributed by atoms with Gasteiger partial charge in [-0.15, -0.1) is 0 Å². The fraction of sp³-hybridized carbons (Fsp3) is 1.00. The Labute approximate surface area is 129 Å². The largest absolute Gasteiger partial charge is 0.379 e. The van der Waals surface area contributed by atoms with E-state index in [9.17, 15) is 0 Å². The molecule has 0 aromatic rings. The van der Waals surface area contributed by atoms with Crippen LogP contribution in [-0.4, -0.2) is 65.9 Å². The van der Waals surface area contributed by atoms with E-state index in [0.29, 0.717) is 39.6 Å². The summed E-state index contributed by atoms with van der Waals surface area (Å²) in [6.45, 7) is 10.1. The Kier molecular flexibility index (Phi) is 13.2. The van der Waals surface area contributed by atoms with Crippen LogP contribution in [0.25, 0.3) is 0 Å². The topological polar surface area (TPSA) is 49.0 Å². The van der Waals surface area contributed by atoms with Gasteiger partial charge in [-0.25, -0.2) is 0 Å². The Bertz CT molecular complexity index is 210. The van der Waals surface area contributed by atoms with E-state index in [1.54, 1.807) is 0 Å². The van der Waals surface area contributed by atoms with Crippen molar-refractivity contribution >= 4 is 0 Å². The minimum atomic E-state index is 0.630. The van der Waals surface area contributed by atoms with Crippen molar-refractivity contribution in [1.29, 1.82) is 0 Å². The number of hydrogen-bond donors (Lipinski definition) is 1. The Morgan fingerprint density at radius 2 is 1.29 bits per heavy atom. The van der Waals surface area contributed by atoms with Gasteiger partial charge in [0.25, 0.3) is 0 Å². The number of ether oxygens (including phenoxy) is 4. The van der Waals surface area contributed by atoms with Crippen LogP contribution in [0.5, 0.6) is 0 Å². The third kappa shape index (κ3) is 12.1. The number of nitrogens with one attached hydrogen (secondary N) is 1. The SMILES string of the molecule is CCCCOCCOCCOCCOCC1CCNCC1. The Morgan fingerprint density at radius 3 is 1.86 bits per heavy atom. The Balaban J connectivity index is 1.69. The average molecular weight is 303 g/mol. The smallest absolute Gasteiger partial charge is 0.0701 e. The Hall–Kier alpha value is -0.200. The highest BCUT2D eigenvalue weighted by Crippen LogP contribution is 2.11. The van der Waals surface area contributed by atoms with E-state index in [1.807, 2.05) is 0 Å². The summed E-state index contributed by atoms with van der Waals surface area (Å²) in [7, 11) is 0. The molecule has 0 bridgehead atoms. The summed E-state index contributed by atoms with van der Waals surface area (Å²) in [5.41, 5.74) is 0. The fourth-order valence-corrected chi connectivity index (χ4v) is 2.20. The second-order valence-electron chi connectivity index (χ2n) is 5.46. The lowest BCUT2D eigenvalue weighted by molar-refractivity contribution is -0.00740. The summed E-state index contributed by atoms with van der Waals surface area (Å²) in [5, 5.41) is 3.36. The molecule has 126 valence electrons. The summed E-state index contributed by atoms with van der Waals surface area (Å²) in [6, 6.07) is 0. The molecule has 0 radical (unpaired) electrons. The molecule has 0 spiro atoms. The summed E-state index contributed by atoms with van der Waals surface area (Å²) in [4.78, 5) is 0. The maximum absolute atomic E-state index is 5.64. The third-order valence-electron chi connectivity index (χ3n) is 3.57. The molecule has 1 saturated heterocycles. The second-order valence-corrected chi connectivity index (χ2v) is 5.46. The minimum absolute atomic E-state index is 0.630.